The van der Waals surface area contributed by atoms with E-state index in [0.29, 0.717) is 0 Å². The SMILES string of the molecule is CC(C)(C)Cc1cc(-c2[c-]cccc2)ncc1[Si](C)(C)C.CC(C)(C)c1ccnc(-c2[c-]ccc3c2sc2cccc(-c4ccccc4)c23)c1.[Ir]. The van der Waals surface area contributed by atoms with E-state index in [9.17, 15) is 0 Å². The van der Waals surface area contributed by atoms with Gasteiger partial charge in [0.05, 0.1) is 8.07 Å². The number of aromatic nitrogens is 2. The first kappa shape index (κ1) is 38.5. The zero-order valence-corrected chi connectivity index (χ0v) is 35.5. The van der Waals surface area contributed by atoms with Crippen LogP contribution in [0.3, 0.4) is 0 Å². The van der Waals surface area contributed by atoms with E-state index in [4.69, 9.17) is 9.97 Å². The summed E-state index contributed by atoms with van der Waals surface area (Å²) in [6.45, 7) is 20.8. The second-order valence-electron chi connectivity index (χ2n) is 16.4. The van der Waals surface area contributed by atoms with Crippen LogP contribution in [-0.4, -0.2) is 18.0 Å². The van der Waals surface area contributed by atoms with Crippen molar-refractivity contribution in [1.29, 1.82) is 0 Å². The summed E-state index contributed by atoms with van der Waals surface area (Å²) in [5.41, 5.74) is 9.86. The van der Waals surface area contributed by atoms with Crippen LogP contribution in [0.15, 0.2) is 116 Å². The molecule has 0 aliphatic heterocycles. The van der Waals surface area contributed by atoms with E-state index in [0.717, 1.165) is 28.9 Å². The largest absolute Gasteiger partial charge is 0.305 e. The van der Waals surface area contributed by atoms with Gasteiger partial charge in [-0.2, -0.15) is 11.3 Å². The zero-order valence-electron chi connectivity index (χ0n) is 31.3. The Bertz CT molecular complexity index is 2240. The average molecular weight is 881 g/mol. The van der Waals surface area contributed by atoms with E-state index in [1.807, 2.05) is 41.8 Å². The molecule has 4 aromatic carbocycles. The van der Waals surface area contributed by atoms with Gasteiger partial charge < -0.3 is 9.97 Å². The van der Waals surface area contributed by atoms with Crippen LogP contribution in [0, 0.1) is 17.5 Å². The smallest absolute Gasteiger partial charge is 0.0798 e. The predicted octanol–water partition coefficient (Wildman–Crippen LogP) is 12.6. The molecule has 0 unspecified atom stereocenters. The van der Waals surface area contributed by atoms with Crippen molar-refractivity contribution in [2.75, 3.05) is 0 Å². The van der Waals surface area contributed by atoms with E-state index in [2.05, 4.69) is 158 Å². The number of hydrogen-bond acceptors (Lipinski definition) is 3. The molecule has 0 amide bonds. The van der Waals surface area contributed by atoms with Crippen molar-refractivity contribution in [2.24, 2.45) is 5.41 Å². The van der Waals surface area contributed by atoms with Crippen molar-refractivity contribution in [3.05, 3.63) is 139 Å². The Hall–Kier alpha value is -3.73. The Balaban J connectivity index is 0.000000205. The summed E-state index contributed by atoms with van der Waals surface area (Å²) in [6.07, 6.45) is 5.13. The number of fused-ring (bicyclic) bond motifs is 3. The third kappa shape index (κ3) is 9.02. The average Bonchev–Trinajstić information content (AvgIpc) is 3.47. The monoisotopic (exact) mass is 881 g/mol. The maximum absolute atomic E-state index is 4.71. The minimum atomic E-state index is -1.37. The number of hydrogen-bond donors (Lipinski definition) is 0. The van der Waals surface area contributed by atoms with Crippen LogP contribution in [0.5, 0.6) is 0 Å². The Morgan fingerprint density at radius 2 is 1.47 bits per heavy atom. The molecular weight excluding hydrogens is 833 g/mol. The van der Waals surface area contributed by atoms with Gasteiger partial charge >= 0.3 is 0 Å². The van der Waals surface area contributed by atoms with Crippen LogP contribution in [0.25, 0.3) is 53.8 Å². The van der Waals surface area contributed by atoms with Crippen LogP contribution >= 0.6 is 11.3 Å². The summed E-state index contributed by atoms with van der Waals surface area (Å²) in [4.78, 5) is 9.41. The minimum absolute atomic E-state index is 0. The Labute approximate surface area is 323 Å². The number of nitrogens with zero attached hydrogens (tertiary/aromatic N) is 2. The van der Waals surface area contributed by atoms with Crippen LogP contribution in [0.1, 0.15) is 52.7 Å². The molecule has 0 aliphatic rings. The first-order chi connectivity index (χ1) is 23.7. The molecular formula is C46H48IrN2SSi-2. The number of pyridine rings is 2. The third-order valence-corrected chi connectivity index (χ3v) is 12.2. The fourth-order valence-corrected chi connectivity index (χ4v) is 9.27. The molecule has 0 saturated heterocycles. The summed E-state index contributed by atoms with van der Waals surface area (Å²) in [5.74, 6) is 0. The Morgan fingerprint density at radius 1 is 0.725 bits per heavy atom. The van der Waals surface area contributed by atoms with E-state index in [1.54, 1.807) is 0 Å². The molecule has 263 valence electrons. The first-order valence-corrected chi connectivity index (χ1v) is 21.9. The van der Waals surface area contributed by atoms with Gasteiger partial charge in [0.25, 0.3) is 0 Å². The van der Waals surface area contributed by atoms with Crippen molar-refractivity contribution in [1.82, 2.24) is 9.97 Å². The minimum Gasteiger partial charge on any atom is -0.305 e. The molecule has 5 heteroatoms. The van der Waals surface area contributed by atoms with Gasteiger partial charge in [-0.05, 0) is 72.7 Å². The Morgan fingerprint density at radius 3 is 2.14 bits per heavy atom. The van der Waals surface area contributed by atoms with Crippen molar-refractivity contribution in [3.63, 3.8) is 0 Å². The van der Waals surface area contributed by atoms with Gasteiger partial charge in [0.2, 0.25) is 0 Å². The maximum Gasteiger partial charge on any atom is 0.0798 e. The van der Waals surface area contributed by atoms with Crippen LogP contribution in [-0.2, 0) is 31.9 Å². The molecule has 1 radical (unpaired) electrons. The molecule has 7 rings (SSSR count). The van der Waals surface area contributed by atoms with Crippen molar-refractivity contribution >= 4 is 44.8 Å². The molecule has 0 bridgehead atoms. The molecule has 0 fully saturated rings. The summed E-state index contributed by atoms with van der Waals surface area (Å²) >= 11 is 1.83. The number of benzene rings is 4. The number of rotatable bonds is 5. The van der Waals surface area contributed by atoms with Crippen molar-refractivity contribution in [2.45, 2.75) is 73.0 Å². The molecule has 0 aliphatic carbocycles. The zero-order chi connectivity index (χ0) is 35.7. The number of thiophene rings is 1. The molecule has 0 atom stereocenters. The summed E-state index contributed by atoms with van der Waals surface area (Å²) < 4.78 is 2.55. The standard InChI is InChI=1S/C27H22NS.C19H26NSi.Ir/c1-27(2,3)19-15-16-28-23(17-19)21-12-7-13-22-25-20(18-9-5-4-6-10-18)11-8-14-24(25)29-26(21)22;1-19(2,3)13-16-12-17(15-10-8-7-9-11-15)20-14-18(16)21(4,5)6;/h4-11,13-17H,1-3H3;7-10,12,14H,13H2,1-6H3;/q2*-1;. The van der Waals surface area contributed by atoms with Gasteiger partial charge in [-0.1, -0.05) is 127 Å². The topological polar surface area (TPSA) is 25.8 Å². The fraction of sp³-hybridized carbons (Fsp3) is 0.261. The molecule has 0 saturated carbocycles. The molecule has 0 spiro atoms. The van der Waals surface area contributed by atoms with Gasteiger partial charge in [0, 0.05) is 37.2 Å². The quantitative estimate of drug-likeness (QED) is 0.127. The maximum atomic E-state index is 4.71. The normalized spacial score (nSPS) is 11.9. The van der Waals surface area contributed by atoms with Gasteiger partial charge in [-0.15, -0.1) is 59.7 Å². The van der Waals surface area contributed by atoms with Crippen LogP contribution in [0.2, 0.25) is 19.6 Å². The molecule has 3 aromatic heterocycles. The van der Waals surface area contributed by atoms with E-state index < -0.39 is 8.07 Å². The van der Waals surface area contributed by atoms with Gasteiger partial charge in [-0.25, -0.2) is 0 Å². The van der Waals surface area contributed by atoms with Crippen molar-refractivity contribution in [3.8, 4) is 33.6 Å². The molecule has 51 heavy (non-hydrogen) atoms. The second kappa shape index (κ2) is 15.5. The third-order valence-electron chi connectivity index (χ3n) is 8.93. The van der Waals surface area contributed by atoms with Gasteiger partial charge in [-0.3, -0.25) is 0 Å². The fourth-order valence-electron chi connectivity index (χ4n) is 6.46. The molecule has 7 aromatic rings. The Kier molecular flexibility index (Phi) is 11.7. The molecule has 2 nitrogen and oxygen atoms in total. The molecule has 0 N–H and O–H groups in total. The predicted molar refractivity (Wildman–Crippen MR) is 220 cm³/mol. The van der Waals surface area contributed by atoms with E-state index in [-0.39, 0.29) is 30.9 Å². The summed E-state index contributed by atoms with van der Waals surface area (Å²) in [7, 11) is -1.37. The van der Waals surface area contributed by atoms with E-state index in [1.165, 1.54) is 47.6 Å². The van der Waals surface area contributed by atoms with Gasteiger partial charge in [0.15, 0.2) is 0 Å². The summed E-state index contributed by atoms with van der Waals surface area (Å²) in [6, 6.07) is 42.9. The second-order valence-corrected chi connectivity index (χ2v) is 22.5. The summed E-state index contributed by atoms with van der Waals surface area (Å²) in [5, 5.41) is 4.08. The van der Waals surface area contributed by atoms with Crippen LogP contribution in [0.4, 0.5) is 0 Å². The van der Waals surface area contributed by atoms with Crippen molar-refractivity contribution < 1.29 is 20.1 Å². The van der Waals surface area contributed by atoms with Crippen LogP contribution < -0.4 is 5.19 Å². The van der Waals surface area contributed by atoms with E-state index >= 15 is 0 Å². The van der Waals surface area contributed by atoms with Gasteiger partial charge in [0.1, 0.15) is 0 Å². The molecule has 3 heterocycles. The first-order valence-electron chi connectivity index (χ1n) is 17.5.